The topological polar surface area (TPSA) is 42.0 Å². The molecule has 0 spiro atoms. The van der Waals surface area contributed by atoms with Gasteiger partial charge >= 0.3 is 0 Å². The minimum Gasteiger partial charge on any atom is -0.345 e. The minimum atomic E-state index is -2.53. The number of rotatable bonds is 3. The lowest BCUT2D eigenvalue weighted by Crippen LogP contribution is -2.28. The summed E-state index contributed by atoms with van der Waals surface area (Å²) < 4.78 is 23.4. The number of carbonyl (C=O) groups excluding carboxylic acids is 1. The first kappa shape index (κ1) is 9.57. The summed E-state index contributed by atoms with van der Waals surface area (Å²) in [7, 11) is 0. The largest absolute Gasteiger partial charge is 0.345 e. The van der Waals surface area contributed by atoms with Gasteiger partial charge in [-0.3, -0.25) is 9.78 Å². The monoisotopic (exact) mass is 186 g/mol. The third-order valence-corrected chi connectivity index (χ3v) is 1.31. The van der Waals surface area contributed by atoms with Crippen LogP contribution in [0.25, 0.3) is 0 Å². The van der Waals surface area contributed by atoms with Gasteiger partial charge in [0.25, 0.3) is 12.3 Å². The summed E-state index contributed by atoms with van der Waals surface area (Å²) in [5, 5.41) is 2.05. The molecule has 5 heteroatoms. The molecule has 0 aromatic carbocycles. The zero-order valence-corrected chi connectivity index (χ0v) is 6.71. The Morgan fingerprint density at radius 2 is 2.31 bits per heavy atom. The fraction of sp³-hybridized carbons (Fsp3) is 0.250. The van der Waals surface area contributed by atoms with Gasteiger partial charge in [0.2, 0.25) is 0 Å². The highest BCUT2D eigenvalue weighted by molar-refractivity contribution is 5.92. The minimum absolute atomic E-state index is 0.142. The summed E-state index contributed by atoms with van der Waals surface area (Å²) >= 11 is 0. The molecule has 0 aliphatic heterocycles. The maximum Gasteiger partial charge on any atom is 0.270 e. The van der Waals surface area contributed by atoms with Crippen LogP contribution in [-0.4, -0.2) is 23.9 Å². The maximum atomic E-state index is 11.7. The summed E-state index contributed by atoms with van der Waals surface area (Å²) in [4.78, 5) is 14.7. The van der Waals surface area contributed by atoms with Gasteiger partial charge < -0.3 is 5.32 Å². The summed E-state index contributed by atoms with van der Waals surface area (Å²) in [6.45, 7) is -0.643. The van der Waals surface area contributed by atoms with E-state index in [1.165, 1.54) is 12.3 Å². The molecule has 1 aromatic rings. The zero-order chi connectivity index (χ0) is 9.68. The lowest BCUT2D eigenvalue weighted by atomic mass is 10.3. The van der Waals surface area contributed by atoms with Gasteiger partial charge in [0.05, 0.1) is 6.54 Å². The van der Waals surface area contributed by atoms with E-state index in [0.29, 0.717) is 0 Å². The van der Waals surface area contributed by atoms with Crippen LogP contribution >= 0.6 is 0 Å². The number of nitrogens with zero attached hydrogens (tertiary/aromatic N) is 1. The standard InChI is InChI=1S/C8H8F2N2O/c9-7(10)5-12-8(13)6-3-1-2-4-11-6/h1-4,7H,5H2,(H,12,13). The Labute approximate surface area is 73.8 Å². The number of halogens is 2. The van der Waals surface area contributed by atoms with Crippen LogP contribution in [0.5, 0.6) is 0 Å². The van der Waals surface area contributed by atoms with Gasteiger partial charge in [0, 0.05) is 6.20 Å². The Balaban J connectivity index is 2.50. The van der Waals surface area contributed by atoms with Crippen molar-refractivity contribution in [2.24, 2.45) is 0 Å². The smallest absolute Gasteiger partial charge is 0.270 e. The van der Waals surface area contributed by atoms with Gasteiger partial charge in [-0.2, -0.15) is 0 Å². The first-order valence-electron chi connectivity index (χ1n) is 3.67. The number of aromatic nitrogens is 1. The first-order valence-corrected chi connectivity index (χ1v) is 3.67. The zero-order valence-electron chi connectivity index (χ0n) is 6.71. The molecule has 0 bridgehead atoms. The van der Waals surface area contributed by atoms with Gasteiger partial charge in [0.1, 0.15) is 5.69 Å². The predicted molar refractivity (Wildman–Crippen MR) is 42.6 cm³/mol. The van der Waals surface area contributed by atoms with E-state index >= 15 is 0 Å². The van der Waals surface area contributed by atoms with Gasteiger partial charge in [-0.1, -0.05) is 6.07 Å². The van der Waals surface area contributed by atoms with Crippen LogP contribution in [0.4, 0.5) is 8.78 Å². The lowest BCUT2D eigenvalue weighted by Gasteiger charge is -2.02. The average Bonchev–Trinajstić information content (AvgIpc) is 2.15. The molecular weight excluding hydrogens is 178 g/mol. The van der Waals surface area contributed by atoms with Crippen LogP contribution in [0.1, 0.15) is 10.5 Å². The summed E-state index contributed by atoms with van der Waals surface area (Å²) in [5.74, 6) is -0.582. The van der Waals surface area contributed by atoms with Crippen molar-refractivity contribution in [3.63, 3.8) is 0 Å². The average molecular weight is 186 g/mol. The van der Waals surface area contributed by atoms with Crippen molar-refractivity contribution in [3.8, 4) is 0 Å². The molecule has 0 unspecified atom stereocenters. The quantitative estimate of drug-likeness (QED) is 0.767. The van der Waals surface area contributed by atoms with Crippen molar-refractivity contribution in [2.75, 3.05) is 6.54 Å². The number of nitrogens with one attached hydrogen (secondary N) is 1. The summed E-state index contributed by atoms with van der Waals surface area (Å²) in [6.07, 6.45) is -1.11. The second-order valence-corrected chi connectivity index (χ2v) is 2.32. The van der Waals surface area contributed by atoms with Crippen LogP contribution in [-0.2, 0) is 0 Å². The van der Waals surface area contributed by atoms with Crippen molar-refractivity contribution in [1.82, 2.24) is 10.3 Å². The number of carbonyl (C=O) groups is 1. The second-order valence-electron chi connectivity index (χ2n) is 2.32. The molecule has 3 nitrogen and oxygen atoms in total. The SMILES string of the molecule is O=C(NCC(F)F)c1ccccn1. The molecule has 0 aliphatic carbocycles. The van der Waals surface area contributed by atoms with E-state index < -0.39 is 18.9 Å². The van der Waals surface area contributed by atoms with E-state index in [9.17, 15) is 13.6 Å². The van der Waals surface area contributed by atoms with Crippen LogP contribution in [0.2, 0.25) is 0 Å². The lowest BCUT2D eigenvalue weighted by molar-refractivity contribution is 0.0887. The van der Waals surface area contributed by atoms with Gasteiger partial charge in [-0.05, 0) is 12.1 Å². The third-order valence-electron chi connectivity index (χ3n) is 1.31. The molecular formula is C8H8F2N2O. The van der Waals surface area contributed by atoms with Crippen LogP contribution in [0.3, 0.4) is 0 Å². The molecule has 1 N–H and O–H groups in total. The molecule has 1 rings (SSSR count). The highest BCUT2D eigenvalue weighted by atomic mass is 19.3. The van der Waals surface area contributed by atoms with Crippen LogP contribution in [0, 0.1) is 0 Å². The van der Waals surface area contributed by atoms with E-state index in [1.807, 2.05) is 5.32 Å². The number of alkyl halides is 2. The number of hydrogen-bond donors (Lipinski definition) is 1. The van der Waals surface area contributed by atoms with Crippen molar-refractivity contribution >= 4 is 5.91 Å². The number of pyridine rings is 1. The van der Waals surface area contributed by atoms with E-state index in [4.69, 9.17) is 0 Å². The molecule has 1 heterocycles. The highest BCUT2D eigenvalue weighted by Crippen LogP contribution is 1.94. The molecule has 0 aliphatic rings. The maximum absolute atomic E-state index is 11.7. The van der Waals surface area contributed by atoms with Crippen LogP contribution in [0.15, 0.2) is 24.4 Å². The normalized spacial score (nSPS) is 10.1. The third kappa shape index (κ3) is 3.14. The van der Waals surface area contributed by atoms with Crippen molar-refractivity contribution in [2.45, 2.75) is 6.43 Å². The van der Waals surface area contributed by atoms with Gasteiger partial charge in [-0.25, -0.2) is 8.78 Å². The van der Waals surface area contributed by atoms with E-state index in [1.54, 1.807) is 12.1 Å². The molecule has 13 heavy (non-hydrogen) atoms. The Morgan fingerprint density at radius 1 is 1.54 bits per heavy atom. The van der Waals surface area contributed by atoms with E-state index in [2.05, 4.69) is 4.98 Å². The molecule has 0 saturated heterocycles. The summed E-state index contributed by atoms with van der Waals surface area (Å²) in [6, 6.07) is 4.72. The molecule has 1 amide bonds. The van der Waals surface area contributed by atoms with Crippen molar-refractivity contribution in [1.29, 1.82) is 0 Å². The highest BCUT2D eigenvalue weighted by Gasteiger charge is 2.08. The molecule has 0 radical (unpaired) electrons. The second kappa shape index (κ2) is 4.49. The van der Waals surface area contributed by atoms with Gasteiger partial charge in [-0.15, -0.1) is 0 Å². The fourth-order valence-electron chi connectivity index (χ4n) is 0.757. The predicted octanol–water partition coefficient (Wildman–Crippen LogP) is 1.08. The Morgan fingerprint density at radius 3 is 2.85 bits per heavy atom. The molecule has 0 saturated carbocycles. The van der Waals surface area contributed by atoms with Crippen molar-refractivity contribution < 1.29 is 13.6 Å². The number of amides is 1. The van der Waals surface area contributed by atoms with Crippen LogP contribution < -0.4 is 5.32 Å². The fourth-order valence-corrected chi connectivity index (χ4v) is 0.757. The Bertz CT molecular complexity index is 277. The van der Waals surface area contributed by atoms with E-state index in [0.717, 1.165) is 0 Å². The molecule has 0 atom stereocenters. The molecule has 0 fully saturated rings. The molecule has 1 aromatic heterocycles. The van der Waals surface area contributed by atoms with E-state index in [-0.39, 0.29) is 5.69 Å². The Hall–Kier alpha value is -1.52. The number of hydrogen-bond acceptors (Lipinski definition) is 2. The van der Waals surface area contributed by atoms with Crippen molar-refractivity contribution in [3.05, 3.63) is 30.1 Å². The van der Waals surface area contributed by atoms with Gasteiger partial charge in [0.15, 0.2) is 0 Å². The first-order chi connectivity index (χ1) is 6.20. The Kier molecular flexibility index (Phi) is 3.31. The summed E-state index contributed by atoms with van der Waals surface area (Å²) in [5.41, 5.74) is 0.142. The molecule has 70 valence electrons.